The number of aromatic nitrogens is 2. The predicted molar refractivity (Wildman–Crippen MR) is 358 cm³/mol. The SMILES string of the molecule is CC[C@H](C)[C@H](NC(=O)[C@H](C)NC(=O)[C@H](C)NC(=O)[C@H](Cc1c[nH]c2ccccc12)NC(=O)[C@H](Cc1c[nH]c2ccccc12)NC(=O)[C@H](CS)NC(=O)[C@H](C)N)C(=O)N[C@@H](CCCCN)C(=O)N[C@@H](CCC(N)=O)C(=O)N[C@@H](CCC(=O)O)C(=O)N[C@@H](Cc1ccccc1)C(=O)O. The summed E-state index contributed by atoms with van der Waals surface area (Å²) < 4.78 is 0. The Bertz CT molecular complexity index is 3550. The van der Waals surface area contributed by atoms with Crippen LogP contribution in [0.25, 0.3) is 21.8 Å². The molecule has 0 fully saturated rings. The van der Waals surface area contributed by atoms with Crippen molar-refractivity contribution >= 4 is 111 Å². The number of unbranched alkanes of at least 4 members (excludes halogenated alkanes) is 1. The Morgan fingerprint density at radius 2 is 0.885 bits per heavy atom. The van der Waals surface area contributed by atoms with E-state index in [1.807, 2.05) is 30.3 Å². The number of nitrogens with two attached hydrogens (primary N) is 3. The number of carbonyl (C=O) groups excluding carboxylic acids is 11. The van der Waals surface area contributed by atoms with E-state index in [0.29, 0.717) is 29.5 Å². The van der Waals surface area contributed by atoms with Gasteiger partial charge in [-0.3, -0.25) is 57.5 Å². The summed E-state index contributed by atoms with van der Waals surface area (Å²) in [5, 5.41) is 46.6. The molecule has 520 valence electrons. The molecule has 0 saturated heterocycles. The largest absolute Gasteiger partial charge is 0.481 e. The van der Waals surface area contributed by atoms with E-state index >= 15 is 0 Å². The maximum Gasteiger partial charge on any atom is 0.326 e. The molecule has 0 aliphatic carbocycles. The monoisotopic (exact) mass is 1350 g/mol. The Kier molecular flexibility index (Phi) is 30.3. The first-order chi connectivity index (χ1) is 45.6. The van der Waals surface area contributed by atoms with Crippen LogP contribution in [0, 0.1) is 5.92 Å². The number of carbonyl (C=O) groups is 13. The molecule has 2 aromatic heterocycles. The molecule has 12 atom stereocenters. The number of carboxylic acids is 2. The number of amides is 11. The van der Waals surface area contributed by atoms with Crippen molar-refractivity contribution < 1.29 is 72.5 Å². The smallest absolute Gasteiger partial charge is 0.326 e. The quantitative estimate of drug-likeness (QED) is 0.0169. The van der Waals surface area contributed by atoms with Crippen LogP contribution in [0.4, 0.5) is 0 Å². The van der Waals surface area contributed by atoms with Crippen LogP contribution in [0.3, 0.4) is 0 Å². The molecule has 31 heteroatoms. The van der Waals surface area contributed by atoms with Crippen LogP contribution in [-0.4, -0.2) is 176 Å². The molecule has 0 bridgehead atoms. The molecule has 0 aliphatic heterocycles. The minimum atomic E-state index is -1.66. The first kappa shape index (κ1) is 76.8. The number of carboxylic acid groups (broad SMARTS) is 2. The number of H-pyrrole nitrogens is 2. The minimum absolute atomic E-state index is 0.0704. The number of aromatic amines is 2. The van der Waals surface area contributed by atoms with Crippen molar-refractivity contribution in [1.29, 1.82) is 0 Å². The van der Waals surface area contributed by atoms with Crippen molar-refractivity contribution in [2.75, 3.05) is 12.3 Å². The molecule has 11 amide bonds. The van der Waals surface area contributed by atoms with E-state index < -0.39 is 175 Å². The summed E-state index contributed by atoms with van der Waals surface area (Å²) >= 11 is 4.26. The van der Waals surface area contributed by atoms with Gasteiger partial charge in [-0.15, -0.1) is 0 Å². The average Bonchev–Trinajstić information content (AvgIpc) is 1.73. The lowest BCUT2D eigenvalue weighted by Crippen LogP contribution is -2.61. The molecule has 0 spiro atoms. The Morgan fingerprint density at radius 3 is 1.36 bits per heavy atom. The van der Waals surface area contributed by atoms with Crippen molar-refractivity contribution in [1.82, 2.24) is 63.1 Å². The fourth-order valence-electron chi connectivity index (χ4n) is 10.2. The van der Waals surface area contributed by atoms with Gasteiger partial charge in [0.2, 0.25) is 65.0 Å². The van der Waals surface area contributed by atoms with Crippen molar-refractivity contribution in [2.24, 2.45) is 23.1 Å². The number of thiol groups is 1. The molecule has 0 saturated carbocycles. The summed E-state index contributed by atoms with van der Waals surface area (Å²) in [5.74, 6) is -13.2. The standard InChI is InChI=1S/C65H89N15O15S/c1-6-34(2)54(64(93)75-45(22-14-15-27-66)58(87)73-46(23-25-52(68)81)59(88)74-47(24-26-53(82)83)60(89)78-50(65(94)95)28-38-16-8-7-9-17-38)80-57(86)37(5)71-56(85)36(4)72-61(90)48(29-39-31-69-43-20-12-10-18-41(39)43)76-62(91)49(30-40-32-70-44-21-13-11-19-42(40)44)77-63(92)51(33-96)79-55(84)35(3)67/h7-13,16-21,31-32,34-37,45-51,54,69-70,96H,6,14-15,22-30,33,66-67H2,1-5H3,(H2,68,81)(H,71,85)(H,72,90)(H,73,87)(H,74,88)(H,75,93)(H,76,91)(H,77,92)(H,78,89)(H,79,84)(H,80,86)(H,82,83)(H,94,95)/t34-,35-,36-,37-,45-,46-,47-,48-,49-,50-,51-,54-/m0/s1. The number of hydrogen-bond acceptors (Lipinski definition) is 16. The van der Waals surface area contributed by atoms with Crippen LogP contribution in [-0.2, 0) is 81.6 Å². The second-order valence-electron chi connectivity index (χ2n) is 23.6. The third kappa shape index (κ3) is 23.5. The van der Waals surface area contributed by atoms with Gasteiger partial charge in [0.1, 0.15) is 60.4 Å². The highest BCUT2D eigenvalue weighted by atomic mass is 32.1. The van der Waals surface area contributed by atoms with Crippen molar-refractivity contribution in [3.8, 4) is 0 Å². The third-order valence-corrected chi connectivity index (χ3v) is 16.4. The van der Waals surface area contributed by atoms with Gasteiger partial charge in [-0.05, 0) is 94.2 Å². The number of benzene rings is 3. The first-order valence-corrected chi connectivity index (χ1v) is 32.2. The fourth-order valence-corrected chi connectivity index (χ4v) is 10.5. The molecule has 0 unspecified atom stereocenters. The fraction of sp³-hybridized carbons (Fsp3) is 0.462. The van der Waals surface area contributed by atoms with E-state index in [9.17, 15) is 72.5 Å². The molecule has 3 aromatic carbocycles. The minimum Gasteiger partial charge on any atom is -0.481 e. The Balaban J connectivity index is 1.32. The number of primary amides is 1. The summed E-state index contributed by atoms with van der Waals surface area (Å²) in [6, 6.07) is 7.48. The summed E-state index contributed by atoms with van der Waals surface area (Å²) in [4.78, 5) is 182. The molecule has 5 aromatic rings. The van der Waals surface area contributed by atoms with E-state index in [1.165, 1.54) is 20.8 Å². The lowest BCUT2D eigenvalue weighted by Gasteiger charge is -2.29. The summed E-state index contributed by atoms with van der Waals surface area (Å²) in [5.41, 5.74) is 20.2. The summed E-state index contributed by atoms with van der Waals surface area (Å²) in [7, 11) is 0. The van der Waals surface area contributed by atoms with Crippen molar-refractivity contribution in [3.63, 3.8) is 0 Å². The molecule has 20 N–H and O–H groups in total. The van der Waals surface area contributed by atoms with E-state index in [4.69, 9.17) is 17.2 Å². The normalized spacial score (nSPS) is 15.0. The van der Waals surface area contributed by atoms with Crippen LogP contribution in [0.2, 0.25) is 0 Å². The lowest BCUT2D eigenvalue weighted by molar-refractivity contribution is -0.143. The van der Waals surface area contributed by atoms with Crippen molar-refractivity contribution in [3.05, 3.63) is 108 Å². The van der Waals surface area contributed by atoms with Crippen LogP contribution >= 0.6 is 12.6 Å². The molecule has 0 radical (unpaired) electrons. The molecular formula is C65H89N15O15S. The van der Waals surface area contributed by atoms with Gasteiger partial charge in [0, 0.05) is 72.1 Å². The van der Waals surface area contributed by atoms with Crippen LogP contribution in [0.1, 0.15) is 103 Å². The third-order valence-electron chi connectivity index (χ3n) is 16.1. The van der Waals surface area contributed by atoms with Gasteiger partial charge in [-0.25, -0.2) is 4.79 Å². The van der Waals surface area contributed by atoms with E-state index in [1.54, 1.807) is 74.8 Å². The zero-order chi connectivity index (χ0) is 70.8. The predicted octanol–water partition coefficient (Wildman–Crippen LogP) is -0.768. The van der Waals surface area contributed by atoms with Gasteiger partial charge in [0.05, 0.1) is 6.04 Å². The van der Waals surface area contributed by atoms with Crippen LogP contribution < -0.4 is 70.4 Å². The number of hydrogen-bond donors (Lipinski definition) is 18. The molecule has 0 aliphatic rings. The highest BCUT2D eigenvalue weighted by Crippen LogP contribution is 2.22. The van der Waals surface area contributed by atoms with Gasteiger partial charge in [0.25, 0.3) is 0 Å². The zero-order valence-electron chi connectivity index (χ0n) is 54.2. The maximum absolute atomic E-state index is 14.7. The summed E-state index contributed by atoms with van der Waals surface area (Å²) in [6.45, 7) is 7.65. The summed E-state index contributed by atoms with van der Waals surface area (Å²) in [6.07, 6.45) is 1.71. The first-order valence-electron chi connectivity index (χ1n) is 31.6. The van der Waals surface area contributed by atoms with E-state index in [-0.39, 0.29) is 44.4 Å². The maximum atomic E-state index is 14.7. The molecule has 5 rings (SSSR count). The van der Waals surface area contributed by atoms with Gasteiger partial charge in [0.15, 0.2) is 0 Å². The average molecular weight is 1350 g/mol. The molecule has 30 nitrogen and oxygen atoms in total. The van der Waals surface area contributed by atoms with E-state index in [0.717, 1.165) is 21.8 Å². The molecule has 96 heavy (non-hydrogen) atoms. The molecule has 2 heterocycles. The number of para-hydroxylation sites is 2. The number of fused-ring (bicyclic) bond motifs is 2. The highest BCUT2D eigenvalue weighted by Gasteiger charge is 2.37. The highest BCUT2D eigenvalue weighted by molar-refractivity contribution is 7.80. The van der Waals surface area contributed by atoms with Gasteiger partial charge in [-0.1, -0.05) is 87.0 Å². The van der Waals surface area contributed by atoms with Crippen LogP contribution in [0.5, 0.6) is 0 Å². The van der Waals surface area contributed by atoms with Gasteiger partial charge < -0.3 is 90.5 Å². The van der Waals surface area contributed by atoms with E-state index in [2.05, 4.69) is 75.8 Å². The number of nitrogens with one attached hydrogen (secondary N) is 12. The Labute approximate surface area is 559 Å². The second-order valence-corrected chi connectivity index (χ2v) is 24.0. The van der Waals surface area contributed by atoms with Gasteiger partial charge >= 0.3 is 11.9 Å². The lowest BCUT2D eigenvalue weighted by atomic mass is 9.97. The Hall–Kier alpha value is -9.88. The molecular weight excluding hydrogens is 1260 g/mol. The second kappa shape index (κ2) is 37.9. The number of rotatable bonds is 40. The van der Waals surface area contributed by atoms with Crippen molar-refractivity contribution in [2.45, 2.75) is 172 Å². The topological polar surface area (TPSA) is 492 Å². The Morgan fingerprint density at radius 1 is 0.469 bits per heavy atom. The van der Waals surface area contributed by atoms with Crippen LogP contribution in [0.15, 0.2) is 91.3 Å². The zero-order valence-corrected chi connectivity index (χ0v) is 55.1. The number of aliphatic carboxylic acids is 2. The van der Waals surface area contributed by atoms with Gasteiger partial charge in [-0.2, -0.15) is 12.6 Å².